The van der Waals surface area contributed by atoms with E-state index in [4.69, 9.17) is 4.42 Å². The predicted octanol–water partition coefficient (Wildman–Crippen LogP) is 3.13. The van der Waals surface area contributed by atoms with Crippen molar-refractivity contribution in [1.82, 2.24) is 14.7 Å². The summed E-state index contributed by atoms with van der Waals surface area (Å²) in [7, 11) is -8.08. The molecular formula is C23H23N3O6S2. The van der Waals surface area contributed by atoms with Crippen LogP contribution in [0.2, 0.25) is 0 Å². The Morgan fingerprint density at radius 1 is 0.971 bits per heavy atom. The molecule has 0 amide bonds. The second-order valence-corrected chi connectivity index (χ2v) is 12.0. The van der Waals surface area contributed by atoms with Gasteiger partial charge in [-0.2, -0.15) is 0 Å². The molecule has 2 heterocycles. The average molecular weight is 502 g/mol. The zero-order valence-corrected chi connectivity index (χ0v) is 20.1. The first-order valence-corrected chi connectivity index (χ1v) is 13.5. The number of hydrogen-bond donors (Lipinski definition) is 2. The third-order valence-corrected chi connectivity index (χ3v) is 9.01. The van der Waals surface area contributed by atoms with Gasteiger partial charge >= 0.3 is 5.76 Å². The van der Waals surface area contributed by atoms with E-state index in [1.165, 1.54) is 42.7 Å². The standard InChI is InChI=1S/C23H23N3O6S2/c1-15(2)16-5-7-18(8-6-16)33(28,29)22(17-4-3-11-24-13-17)14-25-34(30,31)19-9-10-20-21(12-19)32-23(27)26-20/h3-13,15,22,25H,14H2,1-2H3,(H,26,27). The summed E-state index contributed by atoms with van der Waals surface area (Å²) in [5.41, 5.74) is 1.77. The third-order valence-electron chi connectivity index (χ3n) is 5.47. The zero-order valence-electron chi connectivity index (χ0n) is 18.4. The molecule has 11 heteroatoms. The second kappa shape index (κ2) is 9.16. The Balaban J connectivity index is 1.67. The lowest BCUT2D eigenvalue weighted by Crippen LogP contribution is -2.32. The van der Waals surface area contributed by atoms with Crippen LogP contribution in [0.5, 0.6) is 0 Å². The molecule has 4 aromatic rings. The molecule has 0 saturated carbocycles. The van der Waals surface area contributed by atoms with Crippen LogP contribution in [-0.4, -0.2) is 33.3 Å². The van der Waals surface area contributed by atoms with Crippen LogP contribution in [0.3, 0.4) is 0 Å². The smallest absolute Gasteiger partial charge is 0.408 e. The molecule has 9 nitrogen and oxygen atoms in total. The highest BCUT2D eigenvalue weighted by Crippen LogP contribution is 2.30. The Morgan fingerprint density at radius 2 is 1.68 bits per heavy atom. The van der Waals surface area contributed by atoms with Gasteiger partial charge in [-0.1, -0.05) is 32.0 Å². The topological polar surface area (TPSA) is 139 Å². The van der Waals surface area contributed by atoms with Crippen LogP contribution in [0, 0.1) is 0 Å². The Bertz CT molecular complexity index is 1570. The SMILES string of the molecule is CC(C)c1ccc(S(=O)(=O)C(CNS(=O)(=O)c2ccc3[nH]c(=O)oc3c2)c2cccnc2)cc1. The molecule has 0 saturated heterocycles. The molecule has 0 aliphatic carbocycles. The first-order chi connectivity index (χ1) is 16.1. The molecule has 4 rings (SSSR count). The number of fused-ring (bicyclic) bond motifs is 1. The van der Waals surface area contributed by atoms with Crippen molar-refractivity contribution in [2.75, 3.05) is 6.54 Å². The number of sulfonamides is 1. The summed E-state index contributed by atoms with van der Waals surface area (Å²) >= 11 is 0. The van der Waals surface area contributed by atoms with Crippen LogP contribution in [0.4, 0.5) is 0 Å². The van der Waals surface area contributed by atoms with Gasteiger partial charge < -0.3 is 4.42 Å². The van der Waals surface area contributed by atoms with E-state index in [0.717, 1.165) is 5.56 Å². The molecule has 0 bridgehead atoms. The van der Waals surface area contributed by atoms with Gasteiger partial charge in [0.25, 0.3) is 0 Å². The lowest BCUT2D eigenvalue weighted by molar-refractivity contribution is 0.552. The van der Waals surface area contributed by atoms with Crippen molar-refractivity contribution in [2.45, 2.75) is 34.8 Å². The molecule has 0 aliphatic rings. The van der Waals surface area contributed by atoms with Crippen molar-refractivity contribution in [3.63, 3.8) is 0 Å². The molecule has 34 heavy (non-hydrogen) atoms. The Kier molecular flexibility index (Phi) is 6.43. The highest BCUT2D eigenvalue weighted by Gasteiger charge is 2.31. The molecule has 2 N–H and O–H groups in total. The van der Waals surface area contributed by atoms with E-state index in [2.05, 4.69) is 14.7 Å². The molecule has 0 spiro atoms. The molecule has 0 fully saturated rings. The molecule has 0 radical (unpaired) electrons. The minimum absolute atomic E-state index is 0.0783. The summed E-state index contributed by atoms with van der Waals surface area (Å²) in [6.07, 6.45) is 2.91. The molecule has 2 aromatic heterocycles. The number of nitrogens with zero attached hydrogens (tertiary/aromatic N) is 1. The molecule has 1 unspecified atom stereocenters. The molecule has 2 aromatic carbocycles. The predicted molar refractivity (Wildman–Crippen MR) is 127 cm³/mol. The van der Waals surface area contributed by atoms with E-state index in [1.807, 2.05) is 13.8 Å². The zero-order chi connectivity index (χ0) is 24.5. The Hall–Kier alpha value is -3.28. The van der Waals surface area contributed by atoms with Crippen molar-refractivity contribution in [1.29, 1.82) is 0 Å². The van der Waals surface area contributed by atoms with E-state index >= 15 is 0 Å². The maximum absolute atomic E-state index is 13.5. The Labute approximate surface area is 196 Å². The van der Waals surface area contributed by atoms with Crippen molar-refractivity contribution < 1.29 is 21.3 Å². The third kappa shape index (κ3) is 4.81. The summed E-state index contributed by atoms with van der Waals surface area (Å²) < 4.78 is 60.3. The number of H-pyrrole nitrogens is 1. The van der Waals surface area contributed by atoms with Crippen molar-refractivity contribution in [3.8, 4) is 0 Å². The van der Waals surface area contributed by atoms with Crippen LogP contribution >= 0.6 is 0 Å². The van der Waals surface area contributed by atoms with E-state index in [0.29, 0.717) is 11.1 Å². The Morgan fingerprint density at radius 3 is 2.32 bits per heavy atom. The highest BCUT2D eigenvalue weighted by molar-refractivity contribution is 7.92. The number of oxazole rings is 1. The fraction of sp³-hybridized carbons (Fsp3) is 0.217. The normalized spacial score (nSPS) is 13.4. The lowest BCUT2D eigenvalue weighted by Gasteiger charge is -2.19. The minimum Gasteiger partial charge on any atom is -0.408 e. The van der Waals surface area contributed by atoms with Gasteiger partial charge in [0.05, 0.1) is 15.3 Å². The van der Waals surface area contributed by atoms with Gasteiger partial charge in [-0.05, 0) is 47.4 Å². The second-order valence-electron chi connectivity index (χ2n) is 8.07. The van der Waals surface area contributed by atoms with Gasteiger partial charge in [0.1, 0.15) is 5.25 Å². The largest absolute Gasteiger partial charge is 0.417 e. The maximum Gasteiger partial charge on any atom is 0.417 e. The first-order valence-electron chi connectivity index (χ1n) is 10.4. The van der Waals surface area contributed by atoms with E-state index < -0.39 is 37.4 Å². The fourth-order valence-electron chi connectivity index (χ4n) is 3.54. The van der Waals surface area contributed by atoms with Crippen LogP contribution in [0.15, 0.2) is 86.0 Å². The number of aromatic amines is 1. The van der Waals surface area contributed by atoms with Gasteiger partial charge in [-0.3, -0.25) is 9.97 Å². The van der Waals surface area contributed by atoms with Crippen LogP contribution < -0.4 is 10.5 Å². The van der Waals surface area contributed by atoms with Crippen LogP contribution in [0.1, 0.15) is 36.1 Å². The maximum atomic E-state index is 13.5. The number of benzene rings is 2. The van der Waals surface area contributed by atoms with Gasteiger partial charge in [0, 0.05) is 25.0 Å². The lowest BCUT2D eigenvalue weighted by atomic mass is 10.0. The van der Waals surface area contributed by atoms with Crippen molar-refractivity contribution >= 4 is 31.0 Å². The number of pyridine rings is 1. The number of aromatic nitrogens is 2. The summed E-state index contributed by atoms with van der Waals surface area (Å²) in [6.45, 7) is 3.59. The van der Waals surface area contributed by atoms with E-state index in [1.54, 1.807) is 24.3 Å². The summed E-state index contributed by atoms with van der Waals surface area (Å²) in [6, 6.07) is 13.7. The first kappa shape index (κ1) is 23.9. The van der Waals surface area contributed by atoms with Crippen molar-refractivity contribution in [2.24, 2.45) is 0 Å². The van der Waals surface area contributed by atoms with Crippen LogP contribution in [0.25, 0.3) is 11.1 Å². The van der Waals surface area contributed by atoms with Gasteiger partial charge in [-0.15, -0.1) is 0 Å². The minimum atomic E-state index is -4.12. The van der Waals surface area contributed by atoms with Gasteiger partial charge in [0.2, 0.25) is 10.0 Å². The quantitative estimate of drug-likeness (QED) is 0.378. The average Bonchev–Trinajstić information content (AvgIpc) is 3.19. The summed E-state index contributed by atoms with van der Waals surface area (Å²) in [5.74, 6) is -0.469. The number of sulfone groups is 1. The molecule has 1 atom stereocenters. The monoisotopic (exact) mass is 501 g/mol. The highest BCUT2D eigenvalue weighted by atomic mass is 32.2. The molecular weight excluding hydrogens is 478 g/mol. The molecule has 178 valence electrons. The summed E-state index contributed by atoms with van der Waals surface area (Å²) in [5, 5.41) is -1.21. The van der Waals surface area contributed by atoms with Crippen LogP contribution in [-0.2, 0) is 19.9 Å². The fourth-order valence-corrected chi connectivity index (χ4v) is 6.35. The number of rotatable bonds is 8. The molecule has 0 aliphatic heterocycles. The van der Waals surface area contributed by atoms with E-state index in [9.17, 15) is 21.6 Å². The summed E-state index contributed by atoms with van der Waals surface area (Å²) in [4.78, 5) is 17.7. The van der Waals surface area contributed by atoms with Gasteiger partial charge in [-0.25, -0.2) is 26.4 Å². The van der Waals surface area contributed by atoms with E-state index in [-0.39, 0.29) is 21.3 Å². The van der Waals surface area contributed by atoms with Gasteiger partial charge in [0.15, 0.2) is 15.4 Å². The number of hydrogen-bond acceptors (Lipinski definition) is 7. The van der Waals surface area contributed by atoms with Crippen molar-refractivity contribution in [3.05, 3.63) is 88.7 Å². The number of nitrogens with one attached hydrogen (secondary N) is 2.